The Kier molecular flexibility index (Phi) is 5.05. The van der Waals surface area contributed by atoms with Crippen LogP contribution in [0.3, 0.4) is 0 Å². The first-order chi connectivity index (χ1) is 10.1. The zero-order valence-electron chi connectivity index (χ0n) is 11.0. The summed E-state index contributed by atoms with van der Waals surface area (Å²) in [6, 6.07) is 9.53. The number of carbonyl (C=O) groups excluding carboxylic acids is 1. The fourth-order valence-corrected chi connectivity index (χ4v) is 2.29. The molecular weight excluding hydrogens is 336 g/mol. The zero-order chi connectivity index (χ0) is 15.2. The van der Waals surface area contributed by atoms with Gasteiger partial charge in [0.1, 0.15) is 6.04 Å². The second-order valence-electron chi connectivity index (χ2n) is 4.44. The van der Waals surface area contributed by atoms with Crippen LogP contribution in [0.2, 0.25) is 0 Å². The predicted molar refractivity (Wildman–Crippen MR) is 81.0 cm³/mol. The van der Waals surface area contributed by atoms with Crippen molar-refractivity contribution in [1.82, 2.24) is 10.3 Å². The molecule has 0 spiro atoms. The first kappa shape index (κ1) is 15.2. The highest BCUT2D eigenvalue weighted by Gasteiger charge is 2.21. The van der Waals surface area contributed by atoms with Gasteiger partial charge in [-0.1, -0.05) is 28.1 Å². The molecule has 108 valence electrons. The summed E-state index contributed by atoms with van der Waals surface area (Å²) in [6.45, 7) is 0. The van der Waals surface area contributed by atoms with E-state index in [1.807, 2.05) is 24.3 Å². The Bertz CT molecular complexity index is 646. The average Bonchev–Trinajstić information content (AvgIpc) is 2.47. The van der Waals surface area contributed by atoms with E-state index in [1.54, 1.807) is 18.3 Å². The van der Waals surface area contributed by atoms with Gasteiger partial charge in [-0.3, -0.25) is 9.78 Å². The lowest BCUT2D eigenvalue weighted by Crippen LogP contribution is -2.42. The molecule has 1 aromatic heterocycles. The quantitative estimate of drug-likeness (QED) is 0.868. The number of aromatic nitrogens is 1. The molecule has 2 rings (SSSR count). The molecule has 5 nitrogen and oxygen atoms in total. The first-order valence-corrected chi connectivity index (χ1v) is 7.03. The number of hydrogen-bond donors (Lipinski definition) is 2. The summed E-state index contributed by atoms with van der Waals surface area (Å²) in [5.41, 5.74) is 1.15. The maximum absolute atomic E-state index is 12.0. The van der Waals surface area contributed by atoms with Gasteiger partial charge < -0.3 is 10.4 Å². The molecule has 0 aliphatic rings. The molecule has 0 radical (unpaired) electrons. The topological polar surface area (TPSA) is 79.3 Å². The highest BCUT2D eigenvalue weighted by Crippen LogP contribution is 2.13. The second-order valence-corrected chi connectivity index (χ2v) is 5.36. The molecule has 0 saturated heterocycles. The van der Waals surface area contributed by atoms with Crippen molar-refractivity contribution in [2.45, 2.75) is 12.5 Å². The summed E-state index contributed by atoms with van der Waals surface area (Å²) in [4.78, 5) is 27.1. The molecule has 1 atom stereocenters. The lowest BCUT2D eigenvalue weighted by atomic mass is 10.1. The van der Waals surface area contributed by atoms with Gasteiger partial charge in [0.2, 0.25) is 0 Å². The van der Waals surface area contributed by atoms with E-state index in [2.05, 4.69) is 26.2 Å². The second kappa shape index (κ2) is 6.99. The Labute approximate surface area is 130 Å². The van der Waals surface area contributed by atoms with Crippen LogP contribution < -0.4 is 5.32 Å². The predicted octanol–water partition coefficient (Wildman–Crippen LogP) is 2.27. The molecule has 1 heterocycles. The van der Waals surface area contributed by atoms with Gasteiger partial charge in [0.25, 0.3) is 5.91 Å². The number of pyridine rings is 1. The molecule has 0 fully saturated rings. The highest BCUT2D eigenvalue weighted by atomic mass is 79.9. The minimum absolute atomic E-state index is 0.209. The fraction of sp³-hybridized carbons (Fsp3) is 0.133. The number of nitrogens with one attached hydrogen (secondary N) is 1. The summed E-state index contributed by atoms with van der Waals surface area (Å²) >= 11 is 3.33. The molecule has 6 heteroatoms. The van der Waals surface area contributed by atoms with E-state index in [4.69, 9.17) is 0 Å². The van der Waals surface area contributed by atoms with Crippen molar-refractivity contribution in [1.29, 1.82) is 0 Å². The van der Waals surface area contributed by atoms with Gasteiger partial charge in [0.15, 0.2) is 0 Å². The fourth-order valence-electron chi connectivity index (χ4n) is 1.84. The van der Waals surface area contributed by atoms with E-state index < -0.39 is 17.9 Å². The minimum Gasteiger partial charge on any atom is -0.480 e. The van der Waals surface area contributed by atoms with Gasteiger partial charge in [0, 0.05) is 23.3 Å². The van der Waals surface area contributed by atoms with Crippen molar-refractivity contribution < 1.29 is 14.7 Å². The first-order valence-electron chi connectivity index (χ1n) is 6.24. The summed E-state index contributed by atoms with van der Waals surface area (Å²) < 4.78 is 0.864. The van der Waals surface area contributed by atoms with Gasteiger partial charge >= 0.3 is 5.97 Å². The maximum atomic E-state index is 12.0. The van der Waals surface area contributed by atoms with Crippen LogP contribution in [-0.4, -0.2) is 28.0 Å². The standard InChI is InChI=1S/C15H13BrN2O3/c16-12-5-1-3-10(7-12)8-13(15(20)21)18-14(19)11-4-2-6-17-9-11/h1-7,9,13H,8H2,(H,18,19)(H,20,21)/t13-/m0/s1. The van der Waals surface area contributed by atoms with Crippen LogP contribution in [0.15, 0.2) is 53.3 Å². The van der Waals surface area contributed by atoms with Crippen molar-refractivity contribution in [3.05, 3.63) is 64.4 Å². The minimum atomic E-state index is -1.08. The molecule has 0 unspecified atom stereocenters. The Balaban J connectivity index is 2.09. The average molecular weight is 349 g/mol. The van der Waals surface area contributed by atoms with Gasteiger partial charge in [-0.05, 0) is 29.8 Å². The van der Waals surface area contributed by atoms with Crippen molar-refractivity contribution in [3.8, 4) is 0 Å². The van der Waals surface area contributed by atoms with E-state index in [1.165, 1.54) is 6.20 Å². The number of benzene rings is 1. The van der Waals surface area contributed by atoms with Crippen LogP contribution in [0.5, 0.6) is 0 Å². The van der Waals surface area contributed by atoms with E-state index in [9.17, 15) is 14.7 Å². The molecule has 1 aromatic carbocycles. The Hall–Kier alpha value is -2.21. The van der Waals surface area contributed by atoms with Gasteiger partial charge in [-0.25, -0.2) is 4.79 Å². The van der Waals surface area contributed by atoms with Gasteiger partial charge in [-0.2, -0.15) is 0 Å². The van der Waals surface area contributed by atoms with Crippen molar-refractivity contribution in [3.63, 3.8) is 0 Å². The van der Waals surface area contributed by atoms with Crippen molar-refractivity contribution in [2.75, 3.05) is 0 Å². The third-order valence-corrected chi connectivity index (χ3v) is 3.35. The molecular formula is C15H13BrN2O3. The Morgan fingerprint density at radius 3 is 2.71 bits per heavy atom. The number of halogens is 1. The molecule has 21 heavy (non-hydrogen) atoms. The van der Waals surface area contributed by atoms with E-state index >= 15 is 0 Å². The lowest BCUT2D eigenvalue weighted by Gasteiger charge is -2.14. The molecule has 2 aromatic rings. The molecule has 0 bridgehead atoms. The van der Waals surface area contributed by atoms with Crippen LogP contribution in [0.1, 0.15) is 15.9 Å². The molecule has 0 saturated carbocycles. The SMILES string of the molecule is O=C(N[C@@H](Cc1cccc(Br)c1)C(=O)O)c1cccnc1. The van der Waals surface area contributed by atoms with Crippen LogP contribution >= 0.6 is 15.9 Å². The monoisotopic (exact) mass is 348 g/mol. The third kappa shape index (κ3) is 4.39. The smallest absolute Gasteiger partial charge is 0.326 e. The zero-order valence-corrected chi connectivity index (χ0v) is 12.6. The van der Waals surface area contributed by atoms with Crippen LogP contribution in [0, 0.1) is 0 Å². The number of carboxylic acids is 1. The Morgan fingerprint density at radius 1 is 1.29 bits per heavy atom. The van der Waals surface area contributed by atoms with Crippen LogP contribution in [-0.2, 0) is 11.2 Å². The number of aliphatic carboxylic acids is 1. The maximum Gasteiger partial charge on any atom is 0.326 e. The van der Waals surface area contributed by atoms with Gasteiger partial charge in [-0.15, -0.1) is 0 Å². The summed E-state index contributed by atoms with van der Waals surface area (Å²) in [5, 5.41) is 11.8. The van der Waals surface area contributed by atoms with E-state index in [0.29, 0.717) is 5.56 Å². The van der Waals surface area contributed by atoms with Crippen LogP contribution in [0.25, 0.3) is 0 Å². The van der Waals surface area contributed by atoms with E-state index in [-0.39, 0.29) is 6.42 Å². The molecule has 0 aliphatic heterocycles. The number of amides is 1. The van der Waals surface area contributed by atoms with Crippen molar-refractivity contribution in [2.24, 2.45) is 0 Å². The summed E-state index contributed by atoms with van der Waals surface area (Å²) in [6.07, 6.45) is 3.15. The number of carbonyl (C=O) groups is 2. The van der Waals surface area contributed by atoms with Crippen LogP contribution in [0.4, 0.5) is 0 Å². The number of nitrogens with zero attached hydrogens (tertiary/aromatic N) is 1. The molecule has 1 amide bonds. The largest absolute Gasteiger partial charge is 0.480 e. The third-order valence-electron chi connectivity index (χ3n) is 2.86. The normalized spacial score (nSPS) is 11.7. The Morgan fingerprint density at radius 2 is 2.10 bits per heavy atom. The number of carboxylic acid groups (broad SMARTS) is 1. The molecule has 2 N–H and O–H groups in total. The lowest BCUT2D eigenvalue weighted by molar-refractivity contribution is -0.139. The number of rotatable bonds is 5. The molecule has 0 aliphatic carbocycles. The highest BCUT2D eigenvalue weighted by molar-refractivity contribution is 9.10. The van der Waals surface area contributed by atoms with E-state index in [0.717, 1.165) is 10.0 Å². The number of hydrogen-bond acceptors (Lipinski definition) is 3. The van der Waals surface area contributed by atoms with Crippen molar-refractivity contribution >= 4 is 27.8 Å². The van der Waals surface area contributed by atoms with Gasteiger partial charge in [0.05, 0.1) is 5.56 Å². The summed E-state index contributed by atoms with van der Waals surface area (Å²) in [7, 11) is 0. The summed E-state index contributed by atoms with van der Waals surface area (Å²) in [5.74, 6) is -1.53.